The summed E-state index contributed by atoms with van der Waals surface area (Å²) in [4.78, 5) is 4.12. The van der Waals surface area contributed by atoms with Gasteiger partial charge in [-0.1, -0.05) is 18.5 Å². The molecule has 0 fully saturated rings. The van der Waals surface area contributed by atoms with Gasteiger partial charge in [0.25, 0.3) is 0 Å². The van der Waals surface area contributed by atoms with Crippen molar-refractivity contribution in [3.8, 4) is 22.8 Å². The molecule has 2 aromatic rings. The van der Waals surface area contributed by atoms with Crippen molar-refractivity contribution in [2.75, 3.05) is 19.5 Å². The standard InChI is InChI=1S/C19H19ClN4O2/c1-4-10-11-8-14(25-2)15(26-3)9-12(11)17-16(10)19(24-23-17)22-13-6-5-7-21-18(13)20/h5-9,22-24H,4H2,1-3H3. The quantitative estimate of drug-likeness (QED) is 0.433. The molecular formula is C19H19ClN4O2. The van der Waals surface area contributed by atoms with Gasteiger partial charge in [0.2, 0.25) is 0 Å². The number of hydrogen-bond donors (Lipinski definition) is 3. The second kappa shape index (κ2) is 6.46. The highest BCUT2D eigenvalue weighted by Gasteiger charge is 2.24. The van der Waals surface area contributed by atoms with Gasteiger partial charge >= 0.3 is 0 Å². The average molecular weight is 371 g/mol. The lowest BCUT2D eigenvalue weighted by Crippen LogP contribution is -1.95. The SMILES string of the molecule is CCc1c2c(Nc3cccnc3Cl)[nH][nH]c-2c2cc(OC)c(OC)cc12. The summed E-state index contributed by atoms with van der Waals surface area (Å²) in [5.41, 5.74) is 4.07. The molecule has 3 N–H and O–H groups in total. The Morgan fingerprint density at radius 1 is 1.12 bits per heavy atom. The van der Waals surface area contributed by atoms with Crippen LogP contribution in [0.1, 0.15) is 12.5 Å². The van der Waals surface area contributed by atoms with Crippen LogP contribution in [0.5, 0.6) is 11.5 Å². The molecule has 0 saturated heterocycles. The number of pyridine rings is 1. The summed E-state index contributed by atoms with van der Waals surface area (Å²) in [5, 5.41) is 12.5. The normalized spacial score (nSPS) is 11.2. The summed E-state index contributed by atoms with van der Waals surface area (Å²) in [6, 6.07) is 7.76. The second-order valence-corrected chi connectivity index (χ2v) is 6.28. The molecule has 2 heterocycles. The number of anilines is 2. The van der Waals surface area contributed by atoms with E-state index < -0.39 is 0 Å². The van der Waals surface area contributed by atoms with E-state index in [0.29, 0.717) is 10.9 Å². The number of benzene rings is 1. The molecule has 0 bridgehead atoms. The van der Waals surface area contributed by atoms with E-state index >= 15 is 0 Å². The zero-order valence-electron chi connectivity index (χ0n) is 14.7. The smallest absolute Gasteiger partial charge is 0.161 e. The fourth-order valence-electron chi connectivity index (χ4n) is 3.42. The van der Waals surface area contributed by atoms with Crippen LogP contribution < -0.4 is 14.8 Å². The molecule has 1 aromatic carbocycles. The number of halogens is 1. The number of aryl methyl sites for hydroxylation is 1. The Morgan fingerprint density at radius 2 is 1.85 bits per heavy atom. The van der Waals surface area contributed by atoms with Crippen LogP contribution in [0.4, 0.5) is 11.5 Å². The van der Waals surface area contributed by atoms with Gasteiger partial charge in [-0.2, -0.15) is 0 Å². The lowest BCUT2D eigenvalue weighted by atomic mass is 10.1. The van der Waals surface area contributed by atoms with E-state index in [4.69, 9.17) is 21.1 Å². The van der Waals surface area contributed by atoms with Crippen LogP contribution in [0.15, 0.2) is 30.5 Å². The molecule has 4 rings (SSSR count). The largest absolute Gasteiger partial charge is 0.493 e. The van der Waals surface area contributed by atoms with Crippen LogP contribution in [-0.4, -0.2) is 29.4 Å². The Labute approximate surface area is 155 Å². The minimum atomic E-state index is 0.424. The third kappa shape index (κ3) is 2.45. The fourth-order valence-corrected chi connectivity index (χ4v) is 3.59. The minimum Gasteiger partial charge on any atom is -0.493 e. The zero-order chi connectivity index (χ0) is 18.3. The van der Waals surface area contributed by atoms with Crippen molar-refractivity contribution >= 4 is 33.9 Å². The number of H-pyrrole nitrogens is 2. The molecule has 7 heteroatoms. The predicted octanol–water partition coefficient (Wildman–Crippen LogP) is 4.97. The Bertz CT molecular complexity index is 1050. The van der Waals surface area contributed by atoms with Crippen molar-refractivity contribution in [3.63, 3.8) is 0 Å². The monoisotopic (exact) mass is 370 g/mol. The van der Waals surface area contributed by atoms with Gasteiger partial charge in [-0.25, -0.2) is 4.98 Å². The van der Waals surface area contributed by atoms with E-state index in [-0.39, 0.29) is 0 Å². The topological polar surface area (TPSA) is 75.0 Å². The van der Waals surface area contributed by atoms with Crippen molar-refractivity contribution < 1.29 is 9.47 Å². The molecule has 6 nitrogen and oxygen atoms in total. The lowest BCUT2D eigenvalue weighted by molar-refractivity contribution is 0.356. The van der Waals surface area contributed by atoms with Gasteiger partial charge in [0.15, 0.2) is 16.7 Å². The highest BCUT2D eigenvalue weighted by atomic mass is 35.5. The maximum Gasteiger partial charge on any atom is 0.161 e. The first-order chi connectivity index (χ1) is 12.7. The number of ether oxygens (including phenoxy) is 2. The summed E-state index contributed by atoms with van der Waals surface area (Å²) >= 11 is 6.19. The van der Waals surface area contributed by atoms with Crippen LogP contribution in [0.25, 0.3) is 22.0 Å². The molecule has 26 heavy (non-hydrogen) atoms. The van der Waals surface area contributed by atoms with Gasteiger partial charge in [0.05, 0.1) is 25.6 Å². The molecule has 0 spiro atoms. The van der Waals surface area contributed by atoms with E-state index in [1.807, 2.05) is 24.3 Å². The molecular weight excluding hydrogens is 352 g/mol. The molecule has 0 atom stereocenters. The highest BCUT2D eigenvalue weighted by molar-refractivity contribution is 6.32. The van der Waals surface area contributed by atoms with E-state index in [9.17, 15) is 0 Å². The van der Waals surface area contributed by atoms with E-state index in [1.165, 1.54) is 5.56 Å². The molecule has 0 amide bonds. The van der Waals surface area contributed by atoms with Crippen LogP contribution in [0.2, 0.25) is 5.15 Å². The summed E-state index contributed by atoms with van der Waals surface area (Å²) in [6.07, 6.45) is 2.54. The number of methoxy groups -OCH3 is 2. The Morgan fingerprint density at radius 3 is 2.50 bits per heavy atom. The van der Waals surface area contributed by atoms with Gasteiger partial charge in [-0.15, -0.1) is 0 Å². The van der Waals surface area contributed by atoms with Crippen LogP contribution >= 0.6 is 11.6 Å². The van der Waals surface area contributed by atoms with Crippen molar-refractivity contribution in [1.82, 2.24) is 15.2 Å². The molecule has 1 aliphatic heterocycles. The van der Waals surface area contributed by atoms with E-state index in [1.54, 1.807) is 20.4 Å². The molecule has 1 aromatic heterocycles. The molecule has 0 saturated carbocycles. The van der Waals surface area contributed by atoms with Crippen LogP contribution in [0, 0.1) is 0 Å². The fraction of sp³-hybridized carbons (Fsp3) is 0.211. The minimum absolute atomic E-state index is 0.424. The Hall–Kier alpha value is -2.86. The first-order valence-electron chi connectivity index (χ1n) is 8.32. The third-order valence-corrected chi connectivity index (χ3v) is 4.91. The van der Waals surface area contributed by atoms with Crippen molar-refractivity contribution in [1.29, 1.82) is 0 Å². The van der Waals surface area contributed by atoms with Crippen LogP contribution in [-0.2, 0) is 6.42 Å². The van der Waals surface area contributed by atoms with E-state index in [0.717, 1.165) is 45.7 Å². The first kappa shape index (κ1) is 16.6. The van der Waals surface area contributed by atoms with Crippen molar-refractivity contribution in [2.24, 2.45) is 0 Å². The maximum atomic E-state index is 6.19. The van der Waals surface area contributed by atoms with Gasteiger partial charge in [0, 0.05) is 17.1 Å². The van der Waals surface area contributed by atoms with Gasteiger partial charge < -0.3 is 14.8 Å². The van der Waals surface area contributed by atoms with E-state index in [2.05, 4.69) is 27.4 Å². The third-order valence-electron chi connectivity index (χ3n) is 4.60. The Kier molecular flexibility index (Phi) is 4.12. The lowest BCUT2D eigenvalue weighted by Gasteiger charge is -2.08. The summed E-state index contributed by atoms with van der Waals surface area (Å²) in [7, 11) is 3.29. The molecule has 0 unspecified atom stereocenters. The molecule has 2 aliphatic rings. The maximum absolute atomic E-state index is 6.19. The molecule has 134 valence electrons. The van der Waals surface area contributed by atoms with Crippen molar-refractivity contribution in [2.45, 2.75) is 13.3 Å². The first-order valence-corrected chi connectivity index (χ1v) is 8.69. The van der Waals surface area contributed by atoms with Gasteiger partial charge in [-0.05, 0) is 41.6 Å². The number of aromatic amines is 2. The zero-order valence-corrected chi connectivity index (χ0v) is 15.5. The molecule has 1 aliphatic carbocycles. The molecule has 0 radical (unpaired) electrons. The summed E-state index contributed by atoms with van der Waals surface area (Å²) in [6.45, 7) is 2.14. The Balaban J connectivity index is 1.91. The van der Waals surface area contributed by atoms with Gasteiger partial charge in [-0.3, -0.25) is 10.2 Å². The van der Waals surface area contributed by atoms with Gasteiger partial charge in [0.1, 0.15) is 5.82 Å². The summed E-state index contributed by atoms with van der Waals surface area (Å²) in [5.74, 6) is 2.27. The highest BCUT2D eigenvalue weighted by Crippen LogP contribution is 2.46. The number of aromatic nitrogens is 3. The number of nitrogens with one attached hydrogen (secondary N) is 3. The number of rotatable bonds is 5. The number of hydrogen-bond acceptors (Lipinski definition) is 4. The number of fused-ring (bicyclic) bond motifs is 3. The van der Waals surface area contributed by atoms with Crippen molar-refractivity contribution in [3.05, 3.63) is 41.2 Å². The average Bonchev–Trinajstić information content (AvgIpc) is 3.20. The predicted molar refractivity (Wildman–Crippen MR) is 104 cm³/mol. The second-order valence-electron chi connectivity index (χ2n) is 5.93. The summed E-state index contributed by atoms with van der Waals surface area (Å²) < 4.78 is 10.9. The number of nitrogens with zero attached hydrogens (tertiary/aromatic N) is 1. The van der Waals surface area contributed by atoms with Crippen LogP contribution in [0.3, 0.4) is 0 Å².